The highest BCUT2D eigenvalue weighted by Crippen LogP contribution is 2.34. The molecule has 1 aliphatic heterocycles. The van der Waals surface area contributed by atoms with Crippen LogP contribution in [0.3, 0.4) is 0 Å². The number of ether oxygens (including phenoxy) is 1. The van der Waals surface area contributed by atoms with Gasteiger partial charge in [-0.2, -0.15) is 0 Å². The molecule has 1 atom stereocenters. The third kappa shape index (κ3) is 2.81. The number of hydrogen-bond donors (Lipinski definition) is 2. The molecule has 2 N–H and O–H groups in total. The van der Waals surface area contributed by atoms with E-state index < -0.39 is 5.54 Å². The van der Waals surface area contributed by atoms with Gasteiger partial charge < -0.3 is 15.4 Å². The summed E-state index contributed by atoms with van der Waals surface area (Å²) in [5.41, 5.74) is 0.551. The summed E-state index contributed by atoms with van der Waals surface area (Å²) < 4.78 is 5.07. The molecule has 1 aliphatic carbocycles. The van der Waals surface area contributed by atoms with Crippen molar-refractivity contribution in [3.8, 4) is 0 Å². The van der Waals surface area contributed by atoms with Gasteiger partial charge in [-0.1, -0.05) is 18.2 Å². The molecule has 2 aliphatic rings. The lowest BCUT2D eigenvalue weighted by atomic mass is 9.76. The van der Waals surface area contributed by atoms with Gasteiger partial charge >= 0.3 is 5.97 Å². The molecule has 1 saturated carbocycles. The normalized spacial score (nSPS) is 20.9. The minimum atomic E-state index is -0.880. The maximum Gasteiger partial charge on any atom is 0.331 e. The minimum absolute atomic E-state index is 0.115. The Morgan fingerprint density at radius 3 is 2.74 bits per heavy atom. The third-order valence-corrected chi connectivity index (χ3v) is 4.53. The molecule has 23 heavy (non-hydrogen) atoms. The van der Waals surface area contributed by atoms with Gasteiger partial charge in [-0.15, -0.1) is 0 Å². The number of nitrogens with one attached hydrogen (secondary N) is 2. The van der Waals surface area contributed by atoms with Gasteiger partial charge in [-0.3, -0.25) is 9.59 Å². The smallest absolute Gasteiger partial charge is 0.331 e. The Bertz CT molecular complexity index is 652. The predicted octanol–water partition coefficient (Wildman–Crippen LogP) is 1.46. The van der Waals surface area contributed by atoms with E-state index in [-0.39, 0.29) is 30.2 Å². The molecule has 0 unspecified atom stereocenters. The molecule has 0 saturated heterocycles. The Morgan fingerprint density at radius 1 is 1.35 bits per heavy atom. The zero-order valence-corrected chi connectivity index (χ0v) is 13.1. The quantitative estimate of drug-likeness (QED) is 0.806. The van der Waals surface area contributed by atoms with Crippen molar-refractivity contribution in [2.45, 2.75) is 44.2 Å². The van der Waals surface area contributed by atoms with Crippen LogP contribution in [0.2, 0.25) is 0 Å². The topological polar surface area (TPSA) is 84.5 Å². The van der Waals surface area contributed by atoms with E-state index in [9.17, 15) is 14.4 Å². The lowest BCUT2D eigenvalue weighted by molar-refractivity contribution is -0.157. The van der Waals surface area contributed by atoms with Crippen molar-refractivity contribution < 1.29 is 19.1 Å². The Morgan fingerprint density at radius 2 is 2.09 bits per heavy atom. The molecule has 1 fully saturated rings. The number of esters is 1. The van der Waals surface area contributed by atoms with Gasteiger partial charge in [-0.05, 0) is 37.8 Å². The summed E-state index contributed by atoms with van der Waals surface area (Å²) in [6.07, 6.45) is 2.21. The fourth-order valence-electron chi connectivity index (χ4n) is 3.17. The second kappa shape index (κ2) is 6.02. The second-order valence-corrected chi connectivity index (χ2v) is 6.02. The van der Waals surface area contributed by atoms with E-state index in [1.165, 1.54) is 0 Å². The van der Waals surface area contributed by atoms with Gasteiger partial charge in [-0.25, -0.2) is 4.79 Å². The molecule has 0 aromatic heterocycles. The minimum Gasteiger partial charge on any atom is -0.464 e. The van der Waals surface area contributed by atoms with Crippen molar-refractivity contribution in [1.29, 1.82) is 0 Å². The van der Waals surface area contributed by atoms with Crippen LogP contribution >= 0.6 is 0 Å². The summed E-state index contributed by atoms with van der Waals surface area (Å²) in [5, 5.41) is 5.63. The number of hydrogen-bond acceptors (Lipinski definition) is 4. The average molecular weight is 316 g/mol. The molecule has 1 aromatic carbocycles. The number of carbonyl (C=O) groups excluding carboxylic acids is 3. The molecule has 0 bridgehead atoms. The monoisotopic (exact) mass is 316 g/mol. The zero-order valence-electron chi connectivity index (χ0n) is 13.1. The second-order valence-electron chi connectivity index (χ2n) is 6.02. The highest BCUT2D eigenvalue weighted by atomic mass is 16.5. The van der Waals surface area contributed by atoms with Gasteiger partial charge in [0.2, 0.25) is 5.91 Å². The number of fused-ring (bicyclic) bond motifs is 1. The van der Waals surface area contributed by atoms with E-state index in [0.717, 1.165) is 12.0 Å². The first-order chi connectivity index (χ1) is 11.1. The molecule has 1 heterocycles. The fraction of sp³-hybridized carbons (Fsp3) is 0.471. The van der Waals surface area contributed by atoms with Crippen molar-refractivity contribution in [1.82, 2.24) is 10.6 Å². The summed E-state index contributed by atoms with van der Waals surface area (Å²) in [6.45, 7) is 2.04. The third-order valence-electron chi connectivity index (χ3n) is 4.53. The Labute approximate surface area is 134 Å². The first-order valence-corrected chi connectivity index (χ1v) is 7.94. The predicted molar refractivity (Wildman–Crippen MR) is 82.6 cm³/mol. The van der Waals surface area contributed by atoms with E-state index in [0.29, 0.717) is 25.0 Å². The van der Waals surface area contributed by atoms with Crippen LogP contribution in [0.25, 0.3) is 0 Å². The van der Waals surface area contributed by atoms with Crippen molar-refractivity contribution in [3.05, 3.63) is 35.4 Å². The van der Waals surface area contributed by atoms with E-state index in [4.69, 9.17) is 4.74 Å². The zero-order chi connectivity index (χ0) is 16.4. The highest BCUT2D eigenvalue weighted by molar-refractivity contribution is 6.00. The maximum absolute atomic E-state index is 12.4. The summed E-state index contributed by atoms with van der Waals surface area (Å²) in [7, 11) is 0. The van der Waals surface area contributed by atoms with Crippen LogP contribution in [0.15, 0.2) is 24.3 Å². The molecule has 2 amide bonds. The summed E-state index contributed by atoms with van der Waals surface area (Å²) >= 11 is 0. The van der Waals surface area contributed by atoms with Crippen LogP contribution in [0.1, 0.15) is 54.6 Å². The van der Waals surface area contributed by atoms with Crippen LogP contribution in [-0.4, -0.2) is 29.9 Å². The van der Waals surface area contributed by atoms with E-state index in [2.05, 4.69) is 10.6 Å². The van der Waals surface area contributed by atoms with Crippen LogP contribution in [0.4, 0.5) is 0 Å². The summed E-state index contributed by atoms with van der Waals surface area (Å²) in [6, 6.07) is 6.88. The van der Waals surface area contributed by atoms with Crippen LogP contribution in [0.5, 0.6) is 0 Å². The number of amides is 2. The molecule has 1 aromatic rings. The van der Waals surface area contributed by atoms with Crippen LogP contribution in [0, 0.1) is 0 Å². The standard InChI is InChI=1S/C17H20N2O4/c1-2-23-16(22)17(8-5-9-17)19-14(20)10-13-11-6-3-4-7-12(11)15(21)18-13/h3-4,6-7,13H,2,5,8-10H2,1H3,(H,18,21)(H,19,20)/t13-/m0/s1. The van der Waals surface area contributed by atoms with E-state index in [1.54, 1.807) is 19.1 Å². The number of benzene rings is 1. The summed E-state index contributed by atoms with van der Waals surface area (Å²) in [4.78, 5) is 36.3. The molecule has 3 rings (SSSR count). The first-order valence-electron chi connectivity index (χ1n) is 7.94. The fourth-order valence-corrected chi connectivity index (χ4v) is 3.17. The maximum atomic E-state index is 12.4. The van der Waals surface area contributed by atoms with Gasteiger partial charge in [0.25, 0.3) is 5.91 Å². The molecular formula is C17H20N2O4. The van der Waals surface area contributed by atoms with E-state index in [1.807, 2.05) is 12.1 Å². The molecule has 0 spiro atoms. The van der Waals surface area contributed by atoms with Crippen molar-refractivity contribution in [2.75, 3.05) is 6.61 Å². The Hall–Kier alpha value is -2.37. The average Bonchev–Trinajstić information content (AvgIpc) is 2.80. The van der Waals surface area contributed by atoms with Gasteiger partial charge in [0.15, 0.2) is 0 Å². The van der Waals surface area contributed by atoms with Crippen molar-refractivity contribution >= 4 is 17.8 Å². The van der Waals surface area contributed by atoms with Crippen LogP contribution in [-0.2, 0) is 14.3 Å². The van der Waals surface area contributed by atoms with Gasteiger partial charge in [0.1, 0.15) is 5.54 Å². The Balaban J connectivity index is 1.66. The first kappa shape index (κ1) is 15.5. The SMILES string of the molecule is CCOC(=O)C1(NC(=O)C[C@@H]2NC(=O)c3ccccc32)CCC1. The number of carbonyl (C=O) groups is 3. The largest absolute Gasteiger partial charge is 0.464 e. The Kier molecular flexibility index (Phi) is 4.07. The van der Waals surface area contributed by atoms with Crippen molar-refractivity contribution in [2.24, 2.45) is 0 Å². The lowest BCUT2D eigenvalue weighted by Gasteiger charge is -2.39. The highest BCUT2D eigenvalue weighted by Gasteiger charge is 2.47. The molecule has 122 valence electrons. The molecule has 0 radical (unpaired) electrons. The lowest BCUT2D eigenvalue weighted by Crippen LogP contribution is -2.60. The van der Waals surface area contributed by atoms with Gasteiger partial charge in [0.05, 0.1) is 19.1 Å². The molecule has 6 nitrogen and oxygen atoms in total. The molecular weight excluding hydrogens is 296 g/mol. The van der Waals surface area contributed by atoms with Gasteiger partial charge in [0, 0.05) is 5.56 Å². The van der Waals surface area contributed by atoms with E-state index >= 15 is 0 Å². The van der Waals surface area contributed by atoms with Crippen molar-refractivity contribution in [3.63, 3.8) is 0 Å². The molecule has 6 heteroatoms. The number of rotatable bonds is 5. The summed E-state index contributed by atoms with van der Waals surface area (Å²) in [5.74, 6) is -0.780. The van der Waals surface area contributed by atoms with Crippen LogP contribution < -0.4 is 10.6 Å².